The maximum absolute atomic E-state index is 11.5. The maximum Gasteiger partial charge on any atom is 0.225 e. The van der Waals surface area contributed by atoms with E-state index in [4.69, 9.17) is 5.73 Å². The van der Waals surface area contributed by atoms with E-state index in [9.17, 15) is 4.79 Å². The van der Waals surface area contributed by atoms with Crippen molar-refractivity contribution >= 4 is 5.91 Å². The molecule has 0 aromatic heterocycles. The normalized spacial score (nSPS) is 27.4. The quantitative estimate of drug-likeness (QED) is 0.659. The summed E-state index contributed by atoms with van der Waals surface area (Å²) in [6, 6.07) is 0.0965. The Bertz CT molecular complexity index is 168. The van der Waals surface area contributed by atoms with Crippen LogP contribution >= 0.6 is 0 Å². The van der Waals surface area contributed by atoms with Crippen LogP contribution in [0, 0.1) is 5.92 Å². The molecule has 1 aliphatic heterocycles. The summed E-state index contributed by atoms with van der Waals surface area (Å²) in [6.07, 6.45) is 2.16. The Morgan fingerprint density at radius 1 is 1.75 bits per heavy atom. The van der Waals surface area contributed by atoms with Gasteiger partial charge in [0.05, 0.1) is 0 Å². The summed E-state index contributed by atoms with van der Waals surface area (Å²) in [6.45, 7) is 5.54. The maximum atomic E-state index is 11.5. The highest BCUT2D eigenvalue weighted by molar-refractivity contribution is 5.79. The van der Waals surface area contributed by atoms with E-state index in [1.54, 1.807) is 0 Å². The first-order chi connectivity index (χ1) is 5.61. The second kappa shape index (κ2) is 3.90. The van der Waals surface area contributed by atoms with Gasteiger partial charge in [0.25, 0.3) is 0 Å². The molecule has 0 aromatic carbocycles. The van der Waals surface area contributed by atoms with Gasteiger partial charge in [0.15, 0.2) is 0 Å². The van der Waals surface area contributed by atoms with Gasteiger partial charge in [-0.25, -0.2) is 0 Å². The summed E-state index contributed by atoms with van der Waals surface area (Å²) >= 11 is 0. The second-order valence-electron chi connectivity index (χ2n) is 3.80. The lowest BCUT2D eigenvalue weighted by atomic mass is 9.99. The number of carbonyl (C=O) groups is 1. The topological polar surface area (TPSA) is 46.3 Å². The predicted molar refractivity (Wildman–Crippen MR) is 48.6 cm³/mol. The van der Waals surface area contributed by atoms with Crippen molar-refractivity contribution in [1.29, 1.82) is 0 Å². The zero-order chi connectivity index (χ0) is 9.14. The van der Waals surface area contributed by atoms with Crippen molar-refractivity contribution in [2.45, 2.75) is 32.7 Å². The number of carbonyl (C=O) groups excluding carboxylic acids is 1. The number of amides is 1. The largest absolute Gasteiger partial charge is 0.341 e. The predicted octanol–water partition coefficient (Wildman–Crippen LogP) is 0.592. The molecule has 1 amide bonds. The van der Waals surface area contributed by atoms with E-state index in [-0.39, 0.29) is 17.9 Å². The third kappa shape index (κ3) is 2.21. The average Bonchev–Trinajstić information content (AvgIpc) is 1.98. The Kier molecular flexibility index (Phi) is 3.09. The number of hydrogen-bond acceptors (Lipinski definition) is 2. The molecule has 2 atom stereocenters. The minimum atomic E-state index is 0.0965. The van der Waals surface area contributed by atoms with Gasteiger partial charge < -0.3 is 10.6 Å². The third-order valence-electron chi connectivity index (χ3n) is 2.31. The fraction of sp³-hybridized carbons (Fsp3) is 0.889. The van der Waals surface area contributed by atoms with Crippen LogP contribution in [0.3, 0.4) is 0 Å². The van der Waals surface area contributed by atoms with Gasteiger partial charge in [-0.15, -0.1) is 0 Å². The van der Waals surface area contributed by atoms with Crippen molar-refractivity contribution in [3.63, 3.8) is 0 Å². The smallest absolute Gasteiger partial charge is 0.225 e. The van der Waals surface area contributed by atoms with Crippen LogP contribution in [0.25, 0.3) is 0 Å². The summed E-state index contributed by atoms with van der Waals surface area (Å²) in [5, 5.41) is 0. The number of piperidine rings is 1. The van der Waals surface area contributed by atoms with Gasteiger partial charge in [-0.1, -0.05) is 6.92 Å². The number of nitrogens with two attached hydrogens (primary N) is 1. The third-order valence-corrected chi connectivity index (χ3v) is 2.31. The van der Waals surface area contributed by atoms with Gasteiger partial charge in [-0.05, 0) is 19.8 Å². The van der Waals surface area contributed by atoms with E-state index in [0.717, 1.165) is 19.4 Å². The standard InChI is InChI=1S/C9H18N2O/c1-7-4-3-5-11(9(7)12)6-8(2)10/h7-8H,3-6,10H2,1-2H3. The van der Waals surface area contributed by atoms with Crippen molar-refractivity contribution in [1.82, 2.24) is 4.90 Å². The molecule has 2 unspecified atom stereocenters. The van der Waals surface area contributed by atoms with E-state index in [1.165, 1.54) is 0 Å². The van der Waals surface area contributed by atoms with E-state index < -0.39 is 0 Å². The second-order valence-corrected chi connectivity index (χ2v) is 3.80. The zero-order valence-corrected chi connectivity index (χ0v) is 7.92. The Balaban J connectivity index is 2.46. The summed E-state index contributed by atoms with van der Waals surface area (Å²) < 4.78 is 0. The molecule has 1 aliphatic rings. The monoisotopic (exact) mass is 170 g/mol. The molecule has 12 heavy (non-hydrogen) atoms. The van der Waals surface area contributed by atoms with Crippen LogP contribution in [-0.2, 0) is 4.79 Å². The summed E-state index contributed by atoms with van der Waals surface area (Å²) in [5.41, 5.74) is 5.64. The Morgan fingerprint density at radius 2 is 2.42 bits per heavy atom. The molecule has 0 aliphatic carbocycles. The van der Waals surface area contributed by atoms with Gasteiger partial charge in [-0.2, -0.15) is 0 Å². The number of nitrogens with zero attached hydrogens (tertiary/aromatic N) is 1. The lowest BCUT2D eigenvalue weighted by Gasteiger charge is -2.31. The molecule has 0 bridgehead atoms. The highest BCUT2D eigenvalue weighted by atomic mass is 16.2. The van der Waals surface area contributed by atoms with Gasteiger partial charge in [-0.3, -0.25) is 4.79 Å². The lowest BCUT2D eigenvalue weighted by molar-refractivity contribution is -0.137. The molecular weight excluding hydrogens is 152 g/mol. The minimum absolute atomic E-state index is 0.0965. The van der Waals surface area contributed by atoms with Gasteiger partial charge in [0.2, 0.25) is 5.91 Å². The van der Waals surface area contributed by atoms with E-state index >= 15 is 0 Å². The van der Waals surface area contributed by atoms with Crippen LogP contribution in [0.1, 0.15) is 26.7 Å². The first kappa shape index (κ1) is 9.52. The molecule has 1 saturated heterocycles. The van der Waals surface area contributed by atoms with Crippen LogP contribution < -0.4 is 5.73 Å². The van der Waals surface area contributed by atoms with Crippen LogP contribution in [0.15, 0.2) is 0 Å². The summed E-state index contributed by atoms with van der Waals surface area (Å²) in [7, 11) is 0. The van der Waals surface area contributed by atoms with Crippen molar-refractivity contribution in [2.24, 2.45) is 11.7 Å². The highest BCUT2D eigenvalue weighted by Gasteiger charge is 2.24. The first-order valence-corrected chi connectivity index (χ1v) is 4.65. The van der Waals surface area contributed by atoms with Gasteiger partial charge in [0.1, 0.15) is 0 Å². The fourth-order valence-electron chi connectivity index (χ4n) is 1.66. The Morgan fingerprint density at radius 3 is 3.00 bits per heavy atom. The van der Waals surface area contributed by atoms with Gasteiger partial charge in [0, 0.05) is 25.0 Å². The molecule has 3 heteroatoms. The van der Waals surface area contributed by atoms with E-state index in [1.807, 2.05) is 18.7 Å². The molecule has 70 valence electrons. The SMILES string of the molecule is CC(N)CN1CCCC(C)C1=O. The number of rotatable bonds is 2. The molecule has 0 spiro atoms. The van der Waals surface area contributed by atoms with Crippen LogP contribution in [0.2, 0.25) is 0 Å². The molecule has 1 rings (SSSR count). The van der Waals surface area contributed by atoms with Crippen molar-refractivity contribution in [2.75, 3.05) is 13.1 Å². The molecule has 0 saturated carbocycles. The minimum Gasteiger partial charge on any atom is -0.341 e. The van der Waals surface area contributed by atoms with Crippen molar-refractivity contribution in [3.8, 4) is 0 Å². The zero-order valence-electron chi connectivity index (χ0n) is 7.92. The molecule has 1 heterocycles. The number of likely N-dealkylation sites (tertiary alicyclic amines) is 1. The molecule has 2 N–H and O–H groups in total. The summed E-state index contributed by atoms with van der Waals surface area (Å²) in [5.74, 6) is 0.482. The van der Waals surface area contributed by atoms with E-state index in [0.29, 0.717) is 6.54 Å². The highest BCUT2D eigenvalue weighted by Crippen LogP contribution is 2.16. The molecule has 0 aromatic rings. The molecular formula is C9H18N2O. The lowest BCUT2D eigenvalue weighted by Crippen LogP contribution is -2.45. The molecule has 1 fully saturated rings. The fourth-order valence-corrected chi connectivity index (χ4v) is 1.66. The molecule has 3 nitrogen and oxygen atoms in total. The Hall–Kier alpha value is -0.570. The van der Waals surface area contributed by atoms with Crippen molar-refractivity contribution < 1.29 is 4.79 Å². The summed E-state index contributed by atoms with van der Waals surface area (Å²) in [4.78, 5) is 13.4. The number of hydrogen-bond donors (Lipinski definition) is 1. The Labute approximate surface area is 73.9 Å². The molecule has 0 radical (unpaired) electrons. The van der Waals surface area contributed by atoms with Crippen LogP contribution in [0.5, 0.6) is 0 Å². The van der Waals surface area contributed by atoms with Gasteiger partial charge >= 0.3 is 0 Å². The van der Waals surface area contributed by atoms with Crippen LogP contribution in [0.4, 0.5) is 0 Å². The van der Waals surface area contributed by atoms with Crippen molar-refractivity contribution in [3.05, 3.63) is 0 Å². The average molecular weight is 170 g/mol. The first-order valence-electron chi connectivity index (χ1n) is 4.65. The van der Waals surface area contributed by atoms with Crippen LogP contribution in [-0.4, -0.2) is 29.9 Å². The van der Waals surface area contributed by atoms with E-state index in [2.05, 4.69) is 0 Å².